The summed E-state index contributed by atoms with van der Waals surface area (Å²) in [6, 6.07) is 5.90. The van der Waals surface area contributed by atoms with Crippen LogP contribution in [0.2, 0.25) is 0 Å². The molecule has 1 aromatic carbocycles. The van der Waals surface area contributed by atoms with Crippen LogP contribution in [-0.4, -0.2) is 33.2 Å². The zero-order valence-electron chi connectivity index (χ0n) is 12.0. The summed E-state index contributed by atoms with van der Waals surface area (Å²) >= 11 is 0. The smallest absolute Gasteiger partial charge is 0.406 e. The zero-order valence-corrected chi connectivity index (χ0v) is 12.0. The van der Waals surface area contributed by atoms with E-state index in [9.17, 15) is 13.2 Å². The molecule has 0 aliphatic heterocycles. The van der Waals surface area contributed by atoms with Gasteiger partial charge < -0.3 is 14.8 Å². The first-order chi connectivity index (χ1) is 10.0. The second-order valence-electron chi connectivity index (χ2n) is 4.40. The first-order valence-electron chi connectivity index (χ1n) is 6.70. The average molecular weight is 303 g/mol. The molecule has 0 heterocycles. The van der Waals surface area contributed by atoms with Crippen LogP contribution in [0.3, 0.4) is 0 Å². The lowest BCUT2D eigenvalue weighted by Gasteiger charge is -2.08. The molecule has 1 N–H and O–H groups in total. The van der Waals surface area contributed by atoms with Crippen molar-refractivity contribution < 1.29 is 22.6 Å². The predicted molar refractivity (Wildman–Crippen MR) is 75.3 cm³/mol. The Morgan fingerprint density at radius 2 is 1.81 bits per heavy atom. The maximum absolute atomic E-state index is 12.0. The van der Waals surface area contributed by atoms with Crippen LogP contribution in [0, 0.1) is 0 Å². The third-order valence-electron chi connectivity index (χ3n) is 2.65. The Morgan fingerprint density at radius 1 is 1.10 bits per heavy atom. The number of methoxy groups -OCH3 is 1. The summed E-state index contributed by atoms with van der Waals surface area (Å²) < 4.78 is 44.7. The number of hydrogen-bond acceptors (Lipinski definition) is 3. The van der Waals surface area contributed by atoms with Gasteiger partial charge in [-0.05, 0) is 37.1 Å². The first kappa shape index (κ1) is 17.5. The second-order valence-corrected chi connectivity index (χ2v) is 4.40. The second kappa shape index (κ2) is 9.41. The summed E-state index contributed by atoms with van der Waals surface area (Å²) in [5.74, 6) is -0.197. The van der Waals surface area contributed by atoms with Crippen molar-refractivity contribution in [2.24, 2.45) is 0 Å². The largest absolute Gasteiger partial charge is 0.573 e. The number of ether oxygens (including phenoxy) is 2. The summed E-state index contributed by atoms with van der Waals surface area (Å²) in [6.07, 6.45) is 0.984. The van der Waals surface area contributed by atoms with Crippen molar-refractivity contribution in [1.29, 1.82) is 0 Å². The number of nitrogens with one attached hydrogen (secondary N) is 1. The molecular formula is C15H20F3NO2. The van der Waals surface area contributed by atoms with E-state index in [1.807, 2.05) is 12.2 Å². The van der Waals surface area contributed by atoms with Gasteiger partial charge in [0.15, 0.2) is 0 Å². The minimum Gasteiger partial charge on any atom is -0.406 e. The fourth-order valence-electron chi connectivity index (χ4n) is 1.65. The van der Waals surface area contributed by atoms with E-state index in [1.54, 1.807) is 19.2 Å². The molecular weight excluding hydrogens is 283 g/mol. The maximum Gasteiger partial charge on any atom is 0.573 e. The van der Waals surface area contributed by atoms with E-state index in [0.29, 0.717) is 13.0 Å². The Bertz CT molecular complexity index is 416. The molecule has 0 aromatic heterocycles. The number of alkyl halides is 3. The molecule has 0 aliphatic carbocycles. The predicted octanol–water partition coefficient (Wildman–Crippen LogP) is 3.31. The average Bonchev–Trinajstić information content (AvgIpc) is 2.42. The van der Waals surface area contributed by atoms with E-state index < -0.39 is 6.36 Å². The highest BCUT2D eigenvalue weighted by Gasteiger charge is 2.30. The van der Waals surface area contributed by atoms with Gasteiger partial charge in [-0.15, -0.1) is 13.2 Å². The topological polar surface area (TPSA) is 30.5 Å². The van der Waals surface area contributed by atoms with Gasteiger partial charge in [-0.2, -0.15) is 0 Å². The van der Waals surface area contributed by atoms with E-state index in [0.717, 1.165) is 25.1 Å². The summed E-state index contributed by atoms with van der Waals surface area (Å²) in [6.45, 7) is 2.39. The fraction of sp³-hybridized carbons (Fsp3) is 0.467. The van der Waals surface area contributed by atoms with Crippen LogP contribution in [-0.2, 0) is 11.2 Å². The molecule has 21 heavy (non-hydrogen) atoms. The van der Waals surface area contributed by atoms with Gasteiger partial charge in [0.05, 0.1) is 6.61 Å². The zero-order chi connectivity index (χ0) is 15.6. The van der Waals surface area contributed by atoms with Gasteiger partial charge in [0.25, 0.3) is 0 Å². The molecule has 0 fully saturated rings. The summed E-state index contributed by atoms with van der Waals surface area (Å²) in [7, 11) is 1.66. The molecule has 0 saturated carbocycles. The maximum atomic E-state index is 12.0. The van der Waals surface area contributed by atoms with Crippen molar-refractivity contribution in [3.8, 4) is 5.75 Å². The molecule has 0 saturated heterocycles. The van der Waals surface area contributed by atoms with Gasteiger partial charge in [-0.3, -0.25) is 0 Å². The Labute approximate surface area is 122 Å². The summed E-state index contributed by atoms with van der Waals surface area (Å²) in [5, 5.41) is 3.21. The Kier molecular flexibility index (Phi) is 7.85. The fourth-order valence-corrected chi connectivity index (χ4v) is 1.65. The van der Waals surface area contributed by atoms with Crippen LogP contribution in [0.15, 0.2) is 36.4 Å². The van der Waals surface area contributed by atoms with Gasteiger partial charge in [0, 0.05) is 13.7 Å². The normalized spacial score (nSPS) is 12.0. The van der Waals surface area contributed by atoms with E-state index in [1.165, 1.54) is 12.1 Å². The van der Waals surface area contributed by atoms with E-state index in [-0.39, 0.29) is 5.75 Å². The number of hydrogen-bond donors (Lipinski definition) is 1. The molecule has 1 rings (SSSR count). The van der Waals surface area contributed by atoms with Crippen molar-refractivity contribution in [2.45, 2.75) is 19.2 Å². The van der Waals surface area contributed by atoms with Crippen LogP contribution in [0.4, 0.5) is 13.2 Å². The van der Waals surface area contributed by atoms with Crippen LogP contribution in [0.25, 0.3) is 0 Å². The van der Waals surface area contributed by atoms with Crippen molar-refractivity contribution in [3.05, 3.63) is 42.0 Å². The van der Waals surface area contributed by atoms with Gasteiger partial charge in [0.2, 0.25) is 0 Å². The van der Waals surface area contributed by atoms with Gasteiger partial charge in [-0.25, -0.2) is 0 Å². The monoisotopic (exact) mass is 303 g/mol. The molecule has 6 heteroatoms. The molecule has 3 nitrogen and oxygen atoms in total. The van der Waals surface area contributed by atoms with Gasteiger partial charge in [0.1, 0.15) is 5.75 Å². The van der Waals surface area contributed by atoms with Crippen molar-refractivity contribution in [1.82, 2.24) is 5.32 Å². The number of halogens is 3. The molecule has 0 bridgehead atoms. The number of rotatable bonds is 9. The van der Waals surface area contributed by atoms with Crippen LogP contribution in [0.1, 0.15) is 12.0 Å². The van der Waals surface area contributed by atoms with E-state index in [2.05, 4.69) is 10.1 Å². The van der Waals surface area contributed by atoms with Crippen molar-refractivity contribution in [2.75, 3.05) is 26.8 Å². The quantitative estimate of drug-likeness (QED) is 0.561. The Hall–Kier alpha value is -1.53. The SMILES string of the molecule is COCCNCCC=CCc1ccc(OC(F)(F)F)cc1. The van der Waals surface area contributed by atoms with Crippen LogP contribution in [0.5, 0.6) is 5.75 Å². The van der Waals surface area contributed by atoms with Crippen LogP contribution < -0.4 is 10.1 Å². The lowest BCUT2D eigenvalue weighted by Crippen LogP contribution is -2.19. The molecule has 1 aromatic rings. The lowest BCUT2D eigenvalue weighted by atomic mass is 10.1. The van der Waals surface area contributed by atoms with Gasteiger partial charge in [-0.1, -0.05) is 24.3 Å². The van der Waals surface area contributed by atoms with Gasteiger partial charge >= 0.3 is 6.36 Å². The third kappa shape index (κ3) is 9.10. The molecule has 0 atom stereocenters. The molecule has 0 spiro atoms. The minimum atomic E-state index is -4.64. The van der Waals surface area contributed by atoms with Crippen molar-refractivity contribution >= 4 is 0 Å². The molecule has 0 amide bonds. The highest BCUT2D eigenvalue weighted by Crippen LogP contribution is 2.22. The van der Waals surface area contributed by atoms with Crippen LogP contribution >= 0.6 is 0 Å². The minimum absolute atomic E-state index is 0.197. The van der Waals surface area contributed by atoms with Crippen molar-refractivity contribution in [3.63, 3.8) is 0 Å². The first-order valence-corrected chi connectivity index (χ1v) is 6.70. The molecule has 0 radical (unpaired) electrons. The highest BCUT2D eigenvalue weighted by atomic mass is 19.4. The van der Waals surface area contributed by atoms with E-state index in [4.69, 9.17) is 4.74 Å². The highest BCUT2D eigenvalue weighted by molar-refractivity contribution is 5.28. The van der Waals surface area contributed by atoms with E-state index >= 15 is 0 Å². The number of allylic oxidation sites excluding steroid dienone is 1. The lowest BCUT2D eigenvalue weighted by molar-refractivity contribution is -0.274. The molecule has 0 unspecified atom stereocenters. The Morgan fingerprint density at radius 3 is 2.43 bits per heavy atom. The number of benzene rings is 1. The molecule has 0 aliphatic rings. The standard InChI is InChI=1S/C15H20F3NO2/c1-20-12-11-19-10-4-2-3-5-13-6-8-14(9-7-13)21-15(16,17)18/h2-3,6-9,19H,4-5,10-12H2,1H3. The summed E-state index contributed by atoms with van der Waals surface area (Å²) in [4.78, 5) is 0. The summed E-state index contributed by atoms with van der Waals surface area (Å²) in [5.41, 5.74) is 0.938. The molecule has 118 valence electrons. The Balaban J connectivity index is 2.23. The third-order valence-corrected chi connectivity index (χ3v) is 2.65.